The maximum absolute atomic E-state index is 11.6. The number of hydrogen-bond acceptors (Lipinski definition) is 4. The number of aromatic nitrogens is 4. The molecule has 0 radical (unpaired) electrons. The molecule has 1 amide bonds. The highest BCUT2D eigenvalue weighted by Crippen LogP contribution is 2.16. The van der Waals surface area contributed by atoms with E-state index in [1.165, 1.54) is 6.33 Å². The Morgan fingerprint density at radius 3 is 2.94 bits per heavy atom. The molecule has 0 fully saturated rings. The zero-order valence-electron chi connectivity index (χ0n) is 8.36. The summed E-state index contributed by atoms with van der Waals surface area (Å²) in [6.45, 7) is 1.89. The maximum atomic E-state index is 11.6. The molecule has 0 saturated heterocycles. The maximum Gasteiger partial charge on any atom is 0.293 e. The van der Waals surface area contributed by atoms with Gasteiger partial charge in [-0.05, 0) is 34.5 Å². The van der Waals surface area contributed by atoms with Gasteiger partial charge in [0, 0.05) is 0 Å². The fourth-order valence-electron chi connectivity index (χ4n) is 1.13. The van der Waals surface area contributed by atoms with Crippen molar-refractivity contribution in [3.8, 4) is 0 Å². The minimum atomic E-state index is -0.346. The summed E-state index contributed by atoms with van der Waals surface area (Å²) >= 11 is 3.28. The third-order valence-corrected chi connectivity index (χ3v) is 2.73. The van der Waals surface area contributed by atoms with E-state index in [0.29, 0.717) is 5.69 Å². The van der Waals surface area contributed by atoms with Gasteiger partial charge in [0.25, 0.3) is 5.91 Å². The monoisotopic (exact) mass is 281 g/mol. The van der Waals surface area contributed by atoms with E-state index in [1.54, 1.807) is 6.20 Å². The molecule has 2 aromatic rings. The van der Waals surface area contributed by atoms with E-state index >= 15 is 0 Å². The van der Waals surface area contributed by atoms with E-state index in [0.717, 1.165) is 10.2 Å². The van der Waals surface area contributed by atoms with E-state index in [4.69, 9.17) is 0 Å². The van der Waals surface area contributed by atoms with Gasteiger partial charge >= 0.3 is 0 Å². The van der Waals surface area contributed by atoms with E-state index in [9.17, 15) is 4.79 Å². The Morgan fingerprint density at radius 2 is 2.31 bits per heavy atom. The number of nitrogens with zero attached hydrogens (tertiary/aromatic N) is 3. The van der Waals surface area contributed by atoms with Crippen molar-refractivity contribution in [2.45, 2.75) is 6.92 Å². The van der Waals surface area contributed by atoms with E-state index < -0.39 is 0 Å². The average molecular weight is 282 g/mol. The molecule has 0 unspecified atom stereocenters. The molecular weight excluding hydrogens is 274 g/mol. The molecule has 0 bridgehead atoms. The number of H-pyrrole nitrogens is 1. The van der Waals surface area contributed by atoms with Crippen LogP contribution in [0, 0.1) is 6.92 Å². The second-order valence-corrected chi connectivity index (χ2v) is 3.87. The summed E-state index contributed by atoms with van der Waals surface area (Å²) in [6.07, 6.45) is 2.84. The normalized spacial score (nSPS) is 10.1. The number of aryl methyl sites for hydroxylation is 1. The molecule has 0 aliphatic rings. The number of aromatic amines is 1. The third kappa shape index (κ3) is 2.25. The van der Waals surface area contributed by atoms with Crippen molar-refractivity contribution < 1.29 is 4.79 Å². The van der Waals surface area contributed by atoms with E-state index in [-0.39, 0.29) is 11.7 Å². The summed E-state index contributed by atoms with van der Waals surface area (Å²) in [7, 11) is 0. The molecule has 0 aromatic carbocycles. The zero-order chi connectivity index (χ0) is 11.5. The smallest absolute Gasteiger partial charge is 0.293 e. The molecule has 0 saturated carbocycles. The fraction of sp³-hybridized carbons (Fsp3) is 0.111. The molecule has 2 N–H and O–H groups in total. The summed E-state index contributed by atoms with van der Waals surface area (Å²) in [4.78, 5) is 19.4. The van der Waals surface area contributed by atoms with Crippen molar-refractivity contribution in [2.75, 3.05) is 5.32 Å². The van der Waals surface area contributed by atoms with Crippen LogP contribution in [0.25, 0.3) is 0 Å². The standard InChI is InChI=1S/C9H8BrN5O/c1-5-2-6(3-11-7(5)10)14-9(16)8-12-4-13-15-8/h2-4H,1H3,(H,14,16)(H,12,13,15). The van der Waals surface area contributed by atoms with Crippen LogP contribution in [-0.4, -0.2) is 26.1 Å². The van der Waals surface area contributed by atoms with Crippen molar-refractivity contribution in [1.29, 1.82) is 0 Å². The van der Waals surface area contributed by atoms with Gasteiger partial charge in [0.15, 0.2) is 0 Å². The first-order valence-electron chi connectivity index (χ1n) is 4.45. The molecule has 7 heteroatoms. The third-order valence-electron chi connectivity index (χ3n) is 1.90. The van der Waals surface area contributed by atoms with Crippen LogP contribution in [0.15, 0.2) is 23.2 Å². The number of carbonyl (C=O) groups is 1. The summed E-state index contributed by atoms with van der Waals surface area (Å²) in [5.41, 5.74) is 1.55. The lowest BCUT2D eigenvalue weighted by Crippen LogP contribution is -2.14. The van der Waals surface area contributed by atoms with Gasteiger partial charge in [-0.2, -0.15) is 5.10 Å². The van der Waals surface area contributed by atoms with Gasteiger partial charge in [-0.25, -0.2) is 9.97 Å². The van der Waals surface area contributed by atoms with Gasteiger partial charge < -0.3 is 5.32 Å². The number of pyridine rings is 1. The largest absolute Gasteiger partial charge is 0.318 e. The Kier molecular flexibility index (Phi) is 2.95. The number of halogens is 1. The highest BCUT2D eigenvalue weighted by Gasteiger charge is 2.09. The van der Waals surface area contributed by atoms with Crippen LogP contribution < -0.4 is 5.32 Å². The lowest BCUT2D eigenvalue weighted by atomic mass is 10.3. The quantitative estimate of drug-likeness (QED) is 0.818. The molecule has 2 aromatic heterocycles. The van der Waals surface area contributed by atoms with Gasteiger partial charge in [0.1, 0.15) is 10.9 Å². The number of carbonyl (C=O) groups excluding carboxylic acids is 1. The molecule has 0 aliphatic carbocycles. The molecular formula is C9H8BrN5O. The Morgan fingerprint density at radius 1 is 1.50 bits per heavy atom. The van der Waals surface area contributed by atoms with Gasteiger partial charge in [-0.1, -0.05) is 0 Å². The molecule has 0 spiro atoms. The summed E-state index contributed by atoms with van der Waals surface area (Å²) in [5, 5.41) is 8.73. The van der Waals surface area contributed by atoms with Gasteiger partial charge in [-0.15, -0.1) is 0 Å². The zero-order valence-corrected chi connectivity index (χ0v) is 9.95. The van der Waals surface area contributed by atoms with Gasteiger partial charge in [0.05, 0.1) is 11.9 Å². The minimum Gasteiger partial charge on any atom is -0.318 e. The van der Waals surface area contributed by atoms with E-state index in [2.05, 4.69) is 41.4 Å². The topological polar surface area (TPSA) is 83.6 Å². The molecule has 0 aliphatic heterocycles. The molecule has 2 heterocycles. The number of anilines is 1. The summed E-state index contributed by atoms with van der Waals surface area (Å²) < 4.78 is 0.755. The van der Waals surface area contributed by atoms with Crippen LogP contribution in [-0.2, 0) is 0 Å². The molecule has 2 rings (SSSR count). The first-order chi connectivity index (χ1) is 7.66. The Balaban J connectivity index is 2.15. The van der Waals surface area contributed by atoms with Crippen molar-refractivity contribution >= 4 is 27.5 Å². The molecule has 16 heavy (non-hydrogen) atoms. The molecule has 0 atom stereocenters. The Bertz CT molecular complexity index is 511. The number of amides is 1. The predicted molar refractivity (Wildman–Crippen MR) is 61.0 cm³/mol. The highest BCUT2D eigenvalue weighted by atomic mass is 79.9. The van der Waals surface area contributed by atoms with Crippen molar-refractivity contribution in [1.82, 2.24) is 20.2 Å². The van der Waals surface area contributed by atoms with Crippen LogP contribution in [0.5, 0.6) is 0 Å². The number of nitrogens with one attached hydrogen (secondary N) is 2. The van der Waals surface area contributed by atoms with Crippen LogP contribution in [0.1, 0.15) is 16.2 Å². The fourth-order valence-corrected chi connectivity index (χ4v) is 1.35. The predicted octanol–water partition coefficient (Wildman–Crippen LogP) is 1.52. The summed E-state index contributed by atoms with van der Waals surface area (Å²) in [6, 6.07) is 1.81. The summed E-state index contributed by atoms with van der Waals surface area (Å²) in [5.74, 6) is -0.179. The van der Waals surface area contributed by atoms with Crippen LogP contribution in [0.4, 0.5) is 5.69 Å². The Hall–Kier alpha value is -1.76. The van der Waals surface area contributed by atoms with Gasteiger partial charge in [0.2, 0.25) is 5.82 Å². The second kappa shape index (κ2) is 4.40. The van der Waals surface area contributed by atoms with Crippen molar-refractivity contribution in [2.24, 2.45) is 0 Å². The van der Waals surface area contributed by atoms with Crippen LogP contribution in [0.3, 0.4) is 0 Å². The van der Waals surface area contributed by atoms with E-state index in [1.807, 2.05) is 13.0 Å². The average Bonchev–Trinajstić information content (AvgIpc) is 2.77. The first-order valence-corrected chi connectivity index (χ1v) is 5.25. The number of rotatable bonds is 2. The van der Waals surface area contributed by atoms with Crippen LogP contribution >= 0.6 is 15.9 Å². The van der Waals surface area contributed by atoms with Crippen molar-refractivity contribution in [3.05, 3.63) is 34.6 Å². The second-order valence-electron chi connectivity index (χ2n) is 3.12. The lowest BCUT2D eigenvalue weighted by molar-refractivity contribution is 0.101. The molecule has 6 nitrogen and oxygen atoms in total. The van der Waals surface area contributed by atoms with Gasteiger partial charge in [-0.3, -0.25) is 9.89 Å². The minimum absolute atomic E-state index is 0.167. The van der Waals surface area contributed by atoms with Crippen LogP contribution in [0.2, 0.25) is 0 Å². The number of hydrogen-bond donors (Lipinski definition) is 2. The highest BCUT2D eigenvalue weighted by molar-refractivity contribution is 9.10. The molecule has 82 valence electrons. The van der Waals surface area contributed by atoms with Crippen molar-refractivity contribution in [3.63, 3.8) is 0 Å². The SMILES string of the molecule is Cc1cc(NC(=O)c2ncn[nH]2)cnc1Br. The first kappa shape index (κ1) is 10.7. The Labute approximate surface area is 99.6 Å². The lowest BCUT2D eigenvalue weighted by Gasteiger charge is -2.04.